The number of hydrogen-bond donors (Lipinski definition) is 8. The zero-order chi connectivity index (χ0) is 16.6. The highest BCUT2D eigenvalue weighted by atomic mass is 16.5. The molecule has 22 heavy (non-hydrogen) atoms. The summed E-state index contributed by atoms with van der Waals surface area (Å²) in [6, 6.07) is 0. The first-order valence-corrected chi connectivity index (χ1v) is 6.86. The Bertz CT molecular complexity index is 424. The second-order valence-corrected chi connectivity index (χ2v) is 5.48. The van der Waals surface area contributed by atoms with Crippen LogP contribution in [-0.4, -0.2) is 103 Å². The van der Waals surface area contributed by atoms with E-state index in [2.05, 4.69) is 0 Å². The molecular formula is C13H21O9. The highest BCUT2D eigenvalue weighted by molar-refractivity contribution is 5.37. The predicted octanol–water partition coefficient (Wildman–Crippen LogP) is -4.58. The summed E-state index contributed by atoms with van der Waals surface area (Å²) in [5.41, 5.74) is -0.0770. The number of aliphatic hydroxyl groups is 8. The first kappa shape index (κ1) is 17.7. The van der Waals surface area contributed by atoms with Gasteiger partial charge in [-0.05, 0) is 11.1 Å². The van der Waals surface area contributed by atoms with Gasteiger partial charge in [-0.25, -0.2) is 0 Å². The zero-order valence-electron chi connectivity index (χ0n) is 11.6. The van der Waals surface area contributed by atoms with Gasteiger partial charge in [0.15, 0.2) is 0 Å². The molecule has 2 rings (SSSR count). The lowest BCUT2D eigenvalue weighted by atomic mass is 9.79. The Labute approximate surface area is 126 Å². The van der Waals surface area contributed by atoms with Crippen LogP contribution < -0.4 is 0 Å². The molecule has 1 saturated heterocycles. The van der Waals surface area contributed by atoms with Gasteiger partial charge in [-0.2, -0.15) is 0 Å². The van der Waals surface area contributed by atoms with Crippen LogP contribution in [0.1, 0.15) is 0 Å². The number of hydrogen-bond acceptors (Lipinski definition) is 9. The van der Waals surface area contributed by atoms with Gasteiger partial charge in [-0.3, -0.25) is 0 Å². The molecule has 0 saturated carbocycles. The zero-order valence-corrected chi connectivity index (χ0v) is 11.6. The van der Waals surface area contributed by atoms with Crippen molar-refractivity contribution in [2.75, 3.05) is 13.2 Å². The SMILES string of the molecule is OCC1=C([C@H]2O[C@H](CO)[C@@H](O)[C@H](O)[C@H]2O)[CH]C(O)C(O)C1O. The Morgan fingerprint density at radius 1 is 0.864 bits per heavy atom. The molecule has 8 N–H and O–H groups in total. The largest absolute Gasteiger partial charge is 0.394 e. The van der Waals surface area contributed by atoms with Gasteiger partial charge in [0, 0.05) is 6.42 Å². The standard InChI is InChI=1S/C13H21O9/c14-2-5-4(1-6(16)9(18)8(5)17)13-12(21)11(20)10(19)7(3-15)22-13/h1,6-21H,2-3H2/t6?,7-,8?,9?,10-,11+,12-,13-/m1/s1. The van der Waals surface area contributed by atoms with Crippen LogP contribution >= 0.6 is 0 Å². The van der Waals surface area contributed by atoms with E-state index in [1.54, 1.807) is 0 Å². The van der Waals surface area contributed by atoms with E-state index in [1.807, 2.05) is 0 Å². The Hall–Kier alpha value is -0.620. The van der Waals surface area contributed by atoms with Gasteiger partial charge in [0.05, 0.1) is 19.3 Å². The molecule has 0 spiro atoms. The molecule has 1 fully saturated rings. The van der Waals surface area contributed by atoms with Crippen molar-refractivity contribution in [3.63, 3.8) is 0 Å². The minimum Gasteiger partial charge on any atom is -0.394 e. The summed E-state index contributed by atoms with van der Waals surface area (Å²) < 4.78 is 5.32. The summed E-state index contributed by atoms with van der Waals surface area (Å²) in [7, 11) is 0. The number of rotatable bonds is 3. The van der Waals surface area contributed by atoms with Gasteiger partial charge in [0.1, 0.15) is 42.7 Å². The molecule has 9 heteroatoms. The van der Waals surface area contributed by atoms with Gasteiger partial charge in [-0.15, -0.1) is 0 Å². The molecule has 1 aliphatic heterocycles. The van der Waals surface area contributed by atoms with Crippen LogP contribution in [0.25, 0.3) is 0 Å². The second-order valence-electron chi connectivity index (χ2n) is 5.48. The fraction of sp³-hybridized carbons (Fsp3) is 0.769. The van der Waals surface area contributed by atoms with Crippen LogP contribution in [0.4, 0.5) is 0 Å². The maximum Gasteiger partial charge on any atom is 0.113 e. The van der Waals surface area contributed by atoms with E-state index in [0.717, 1.165) is 6.42 Å². The number of aliphatic hydroxyl groups excluding tert-OH is 8. The van der Waals surface area contributed by atoms with Crippen LogP contribution in [0.3, 0.4) is 0 Å². The Morgan fingerprint density at radius 2 is 1.50 bits per heavy atom. The molecule has 0 aromatic carbocycles. The molecule has 127 valence electrons. The van der Waals surface area contributed by atoms with Crippen LogP contribution in [0.5, 0.6) is 0 Å². The Balaban J connectivity index is 2.36. The van der Waals surface area contributed by atoms with Crippen LogP contribution in [0.2, 0.25) is 0 Å². The highest BCUT2D eigenvalue weighted by Crippen LogP contribution is 2.34. The normalized spacial score (nSPS) is 46.9. The summed E-state index contributed by atoms with van der Waals surface area (Å²) in [4.78, 5) is 0. The molecule has 2 aliphatic rings. The van der Waals surface area contributed by atoms with Crippen molar-refractivity contribution in [2.45, 2.75) is 48.8 Å². The van der Waals surface area contributed by atoms with Crippen LogP contribution in [0.15, 0.2) is 11.1 Å². The molecule has 3 unspecified atom stereocenters. The fourth-order valence-electron chi connectivity index (χ4n) is 2.77. The lowest BCUT2D eigenvalue weighted by molar-refractivity contribution is -0.220. The van der Waals surface area contributed by atoms with E-state index in [9.17, 15) is 35.7 Å². The molecule has 0 amide bonds. The molecule has 1 aliphatic carbocycles. The van der Waals surface area contributed by atoms with E-state index in [-0.39, 0.29) is 11.1 Å². The quantitative estimate of drug-likeness (QED) is 0.255. The molecule has 1 radical (unpaired) electrons. The maximum atomic E-state index is 10.0. The monoisotopic (exact) mass is 321 g/mol. The van der Waals surface area contributed by atoms with E-state index in [4.69, 9.17) is 9.84 Å². The Kier molecular flexibility index (Phi) is 5.54. The predicted molar refractivity (Wildman–Crippen MR) is 70.2 cm³/mol. The molecule has 1 heterocycles. The average Bonchev–Trinajstić information content (AvgIpc) is 2.50. The summed E-state index contributed by atoms with van der Waals surface area (Å²) >= 11 is 0. The van der Waals surface area contributed by atoms with Crippen molar-refractivity contribution in [1.29, 1.82) is 0 Å². The summed E-state index contributed by atoms with van der Waals surface area (Å²) in [5, 5.41) is 77.3. The molecule has 0 bridgehead atoms. The van der Waals surface area contributed by atoms with Crippen molar-refractivity contribution in [3.05, 3.63) is 17.6 Å². The van der Waals surface area contributed by atoms with E-state index < -0.39 is 62.0 Å². The summed E-state index contributed by atoms with van der Waals surface area (Å²) in [6.45, 7) is -1.30. The average molecular weight is 321 g/mol. The third-order valence-electron chi connectivity index (χ3n) is 4.12. The lowest BCUT2D eigenvalue weighted by Gasteiger charge is -2.43. The molecule has 8 atom stereocenters. The summed E-state index contributed by atoms with van der Waals surface area (Å²) in [6.07, 6.45) is -10.7. The number of ether oxygens (including phenoxy) is 1. The van der Waals surface area contributed by atoms with Crippen molar-refractivity contribution in [1.82, 2.24) is 0 Å². The minimum absolute atomic E-state index is 0.00435. The van der Waals surface area contributed by atoms with Gasteiger partial charge >= 0.3 is 0 Å². The van der Waals surface area contributed by atoms with Crippen molar-refractivity contribution < 1.29 is 45.6 Å². The lowest BCUT2D eigenvalue weighted by Crippen LogP contribution is -2.60. The van der Waals surface area contributed by atoms with Crippen molar-refractivity contribution >= 4 is 0 Å². The molecule has 0 aromatic heterocycles. The van der Waals surface area contributed by atoms with E-state index in [0.29, 0.717) is 0 Å². The van der Waals surface area contributed by atoms with Gasteiger partial charge < -0.3 is 45.6 Å². The fourth-order valence-corrected chi connectivity index (χ4v) is 2.77. The van der Waals surface area contributed by atoms with Gasteiger partial charge in [0.2, 0.25) is 0 Å². The van der Waals surface area contributed by atoms with Crippen LogP contribution in [0, 0.1) is 6.42 Å². The molecule has 9 nitrogen and oxygen atoms in total. The Morgan fingerprint density at radius 3 is 2.05 bits per heavy atom. The first-order chi connectivity index (χ1) is 10.3. The maximum absolute atomic E-state index is 10.0. The summed E-state index contributed by atoms with van der Waals surface area (Å²) in [5.74, 6) is 0. The van der Waals surface area contributed by atoms with Gasteiger partial charge in [-0.1, -0.05) is 0 Å². The second kappa shape index (κ2) is 6.87. The molecular weight excluding hydrogens is 300 g/mol. The van der Waals surface area contributed by atoms with Crippen LogP contribution in [-0.2, 0) is 4.74 Å². The third-order valence-corrected chi connectivity index (χ3v) is 4.12. The van der Waals surface area contributed by atoms with Crippen molar-refractivity contribution in [2.24, 2.45) is 0 Å². The first-order valence-electron chi connectivity index (χ1n) is 6.86. The van der Waals surface area contributed by atoms with E-state index >= 15 is 0 Å². The van der Waals surface area contributed by atoms with E-state index in [1.165, 1.54) is 0 Å². The topological polar surface area (TPSA) is 171 Å². The smallest absolute Gasteiger partial charge is 0.113 e. The highest BCUT2D eigenvalue weighted by Gasteiger charge is 2.48. The minimum atomic E-state index is -1.63. The van der Waals surface area contributed by atoms with Crippen molar-refractivity contribution in [3.8, 4) is 0 Å². The third kappa shape index (κ3) is 2.92. The van der Waals surface area contributed by atoms with Gasteiger partial charge in [0.25, 0.3) is 0 Å². The molecule has 0 aromatic rings.